The Labute approximate surface area is 163 Å². The lowest BCUT2D eigenvalue weighted by molar-refractivity contribution is 0.0697. The van der Waals surface area contributed by atoms with E-state index in [1.807, 2.05) is 24.3 Å². The van der Waals surface area contributed by atoms with Crippen molar-refractivity contribution in [2.45, 2.75) is 24.7 Å². The molecule has 0 amide bonds. The number of aromatic carboxylic acids is 1. The highest BCUT2D eigenvalue weighted by Gasteiger charge is 2.27. The third-order valence-corrected chi connectivity index (χ3v) is 5.83. The molecule has 1 aromatic heterocycles. The van der Waals surface area contributed by atoms with Crippen LogP contribution in [0.3, 0.4) is 0 Å². The van der Waals surface area contributed by atoms with Gasteiger partial charge in [0.25, 0.3) is 0 Å². The Bertz CT molecular complexity index is 1050. The number of thioether (sulfide) groups is 1. The van der Waals surface area contributed by atoms with Crippen LogP contribution in [0.2, 0.25) is 0 Å². The fourth-order valence-corrected chi connectivity index (χ4v) is 4.29. The summed E-state index contributed by atoms with van der Waals surface area (Å²) in [6.07, 6.45) is 5.88. The summed E-state index contributed by atoms with van der Waals surface area (Å²) in [6.45, 7) is 2.18. The Morgan fingerprint density at radius 3 is 2.59 bits per heavy atom. The Hall–Kier alpha value is -2.59. The van der Waals surface area contributed by atoms with Gasteiger partial charge in [-0.15, -0.1) is 11.8 Å². The molecule has 2 aromatic carbocycles. The van der Waals surface area contributed by atoms with Crippen LogP contribution in [0.5, 0.6) is 0 Å². The predicted octanol–water partition coefficient (Wildman–Crippen LogP) is 5.78. The summed E-state index contributed by atoms with van der Waals surface area (Å²) in [6, 6.07) is 16.0. The zero-order valence-electron chi connectivity index (χ0n) is 15.4. The van der Waals surface area contributed by atoms with E-state index in [0.29, 0.717) is 11.5 Å². The average Bonchev–Trinajstić information content (AvgIpc) is 2.66. The van der Waals surface area contributed by atoms with Crippen molar-refractivity contribution < 1.29 is 9.90 Å². The van der Waals surface area contributed by atoms with Crippen molar-refractivity contribution in [1.29, 1.82) is 0 Å². The van der Waals surface area contributed by atoms with Crippen molar-refractivity contribution in [1.82, 2.24) is 4.98 Å². The first-order chi connectivity index (χ1) is 13.1. The average molecular weight is 375 g/mol. The van der Waals surface area contributed by atoms with Crippen molar-refractivity contribution in [3.05, 3.63) is 70.9 Å². The van der Waals surface area contributed by atoms with Gasteiger partial charge in [0.15, 0.2) is 0 Å². The number of carboxylic acids is 1. The Balaban J connectivity index is 1.93. The molecule has 4 rings (SSSR count). The molecular formula is C23H21NO2S. The van der Waals surface area contributed by atoms with Gasteiger partial charge in [0.05, 0.1) is 16.8 Å². The smallest absolute Gasteiger partial charge is 0.336 e. The highest BCUT2D eigenvalue weighted by Crippen LogP contribution is 2.38. The van der Waals surface area contributed by atoms with E-state index in [4.69, 9.17) is 4.98 Å². The number of benzene rings is 2. The molecule has 3 aromatic rings. The highest BCUT2D eigenvalue weighted by molar-refractivity contribution is 7.98. The van der Waals surface area contributed by atoms with E-state index < -0.39 is 5.97 Å². The highest BCUT2D eigenvalue weighted by atomic mass is 32.2. The minimum Gasteiger partial charge on any atom is -0.478 e. The molecule has 0 radical (unpaired) electrons. The first kappa shape index (κ1) is 17.8. The van der Waals surface area contributed by atoms with Crippen molar-refractivity contribution in [2.75, 3.05) is 6.26 Å². The van der Waals surface area contributed by atoms with Gasteiger partial charge in [0.1, 0.15) is 0 Å². The van der Waals surface area contributed by atoms with Crippen LogP contribution < -0.4 is 0 Å². The number of carboxylic acid groups (broad SMARTS) is 1. The van der Waals surface area contributed by atoms with Crippen LogP contribution in [0.1, 0.15) is 40.5 Å². The number of nitrogens with zero attached hydrogens (tertiary/aromatic N) is 1. The molecule has 4 heteroatoms. The molecule has 1 aliphatic carbocycles. The van der Waals surface area contributed by atoms with E-state index in [9.17, 15) is 9.90 Å². The van der Waals surface area contributed by atoms with Gasteiger partial charge in [0, 0.05) is 10.3 Å². The molecule has 0 saturated heterocycles. The van der Waals surface area contributed by atoms with Crippen LogP contribution in [0, 0.1) is 5.92 Å². The minimum absolute atomic E-state index is 0.385. The molecule has 1 N–H and O–H groups in total. The zero-order chi connectivity index (χ0) is 19.0. The first-order valence-electron chi connectivity index (χ1n) is 9.06. The number of pyridine rings is 1. The maximum atomic E-state index is 12.1. The standard InChI is InChI=1S/C23H21NO2S/c1-14-11-16(13-15-7-9-17(27-2)10-8-15)22-19(12-14)21(23(25)26)18-5-3-4-6-20(18)24-22/h3-10,13-14H,11-12H2,1-2H3,(H,25,26). The van der Waals surface area contributed by atoms with Gasteiger partial charge in [-0.25, -0.2) is 9.78 Å². The molecule has 1 aliphatic rings. The monoisotopic (exact) mass is 375 g/mol. The van der Waals surface area contributed by atoms with Crippen molar-refractivity contribution >= 4 is 40.3 Å². The predicted molar refractivity (Wildman–Crippen MR) is 112 cm³/mol. The molecule has 1 heterocycles. The van der Waals surface area contributed by atoms with Crippen LogP contribution in [-0.4, -0.2) is 22.3 Å². The SMILES string of the molecule is CSc1ccc(C=C2CC(C)Cc3c2nc2ccccc2c3C(=O)O)cc1. The van der Waals surface area contributed by atoms with E-state index in [1.165, 1.54) is 4.90 Å². The molecule has 0 spiro atoms. The second-order valence-corrected chi connectivity index (χ2v) is 7.97. The van der Waals surface area contributed by atoms with Crippen LogP contribution in [-0.2, 0) is 6.42 Å². The first-order valence-corrected chi connectivity index (χ1v) is 10.3. The summed E-state index contributed by atoms with van der Waals surface area (Å²) in [7, 11) is 0. The molecule has 3 nitrogen and oxygen atoms in total. The number of rotatable bonds is 3. The lowest BCUT2D eigenvalue weighted by Gasteiger charge is -2.26. The van der Waals surface area contributed by atoms with Gasteiger partial charge >= 0.3 is 5.97 Å². The largest absolute Gasteiger partial charge is 0.478 e. The summed E-state index contributed by atoms with van der Waals surface area (Å²) in [5.74, 6) is -0.488. The van der Waals surface area contributed by atoms with Crippen molar-refractivity contribution in [3.8, 4) is 0 Å². The Morgan fingerprint density at radius 1 is 1.15 bits per heavy atom. The van der Waals surface area contributed by atoms with Gasteiger partial charge in [-0.05, 0) is 66.0 Å². The van der Waals surface area contributed by atoms with E-state index in [-0.39, 0.29) is 0 Å². The Kier molecular flexibility index (Phi) is 4.75. The number of para-hydroxylation sites is 1. The van der Waals surface area contributed by atoms with Crippen LogP contribution in [0.25, 0.3) is 22.6 Å². The maximum Gasteiger partial charge on any atom is 0.336 e. The minimum atomic E-state index is -0.873. The molecule has 0 fully saturated rings. The second-order valence-electron chi connectivity index (χ2n) is 7.09. The van der Waals surface area contributed by atoms with Gasteiger partial charge in [0.2, 0.25) is 0 Å². The molecule has 0 saturated carbocycles. The summed E-state index contributed by atoms with van der Waals surface area (Å²) in [4.78, 5) is 18.2. The van der Waals surface area contributed by atoms with E-state index in [0.717, 1.165) is 46.1 Å². The quantitative estimate of drug-likeness (QED) is 0.590. The van der Waals surface area contributed by atoms with Gasteiger partial charge in [-0.2, -0.15) is 0 Å². The molecule has 27 heavy (non-hydrogen) atoms. The fourth-order valence-electron chi connectivity index (χ4n) is 3.88. The van der Waals surface area contributed by atoms with E-state index in [2.05, 4.69) is 43.5 Å². The van der Waals surface area contributed by atoms with Crippen molar-refractivity contribution in [2.24, 2.45) is 5.92 Å². The van der Waals surface area contributed by atoms with E-state index >= 15 is 0 Å². The zero-order valence-corrected chi connectivity index (χ0v) is 16.2. The van der Waals surface area contributed by atoms with E-state index in [1.54, 1.807) is 11.8 Å². The molecule has 0 bridgehead atoms. The number of allylic oxidation sites excluding steroid dienone is 1. The maximum absolute atomic E-state index is 12.1. The van der Waals surface area contributed by atoms with Gasteiger partial charge in [-0.3, -0.25) is 0 Å². The molecule has 0 aliphatic heterocycles. The van der Waals surface area contributed by atoms with Crippen LogP contribution in [0.15, 0.2) is 53.4 Å². The topological polar surface area (TPSA) is 50.2 Å². The summed E-state index contributed by atoms with van der Waals surface area (Å²) < 4.78 is 0. The van der Waals surface area contributed by atoms with Gasteiger partial charge < -0.3 is 5.11 Å². The Morgan fingerprint density at radius 2 is 1.89 bits per heavy atom. The number of hydrogen-bond acceptors (Lipinski definition) is 3. The summed E-state index contributed by atoms with van der Waals surface area (Å²) in [5.41, 5.74) is 5.10. The fraction of sp³-hybridized carbons (Fsp3) is 0.217. The number of hydrogen-bond donors (Lipinski definition) is 1. The molecule has 1 unspecified atom stereocenters. The molecule has 136 valence electrons. The van der Waals surface area contributed by atoms with Crippen LogP contribution in [0.4, 0.5) is 0 Å². The summed E-state index contributed by atoms with van der Waals surface area (Å²) >= 11 is 1.72. The molecule has 1 atom stereocenters. The second kappa shape index (κ2) is 7.20. The number of carbonyl (C=O) groups is 1. The normalized spacial score (nSPS) is 17.9. The van der Waals surface area contributed by atoms with Gasteiger partial charge in [-0.1, -0.05) is 37.3 Å². The lowest BCUT2D eigenvalue weighted by Crippen LogP contribution is -2.17. The van der Waals surface area contributed by atoms with Crippen LogP contribution >= 0.6 is 11.8 Å². The lowest BCUT2D eigenvalue weighted by atomic mass is 9.80. The van der Waals surface area contributed by atoms with Crippen molar-refractivity contribution in [3.63, 3.8) is 0 Å². The number of aromatic nitrogens is 1. The summed E-state index contributed by atoms with van der Waals surface area (Å²) in [5, 5.41) is 10.6. The molecular weight excluding hydrogens is 354 g/mol. The third-order valence-electron chi connectivity index (χ3n) is 5.09. The third kappa shape index (κ3) is 3.37. The number of fused-ring (bicyclic) bond motifs is 2.